The van der Waals surface area contributed by atoms with E-state index >= 15 is 0 Å². The Morgan fingerprint density at radius 1 is 0.800 bits per heavy atom. The van der Waals surface area contributed by atoms with Crippen LogP contribution in [0.1, 0.15) is 5.56 Å². The molecule has 25 heavy (non-hydrogen) atoms. The van der Waals surface area contributed by atoms with Crippen LogP contribution < -0.4 is 0 Å². The Hall–Kier alpha value is -3.31. The number of rotatable bonds is 2. The van der Waals surface area contributed by atoms with E-state index in [1.54, 1.807) is 12.4 Å². The Kier molecular flexibility index (Phi) is 3.02. The first kappa shape index (κ1) is 14.1. The molecule has 0 amide bonds. The molecule has 2 aromatic carbocycles. The average molecular weight is 326 g/mol. The number of aliphatic hydroxyl groups excluding tert-OH is 1. The third-order valence-corrected chi connectivity index (χ3v) is 4.51. The lowest BCUT2D eigenvalue weighted by atomic mass is 10.1. The molecular formula is C20H14N4O. The van der Waals surface area contributed by atoms with Gasteiger partial charge in [-0.1, -0.05) is 24.3 Å². The smallest absolute Gasteiger partial charge is 0.138 e. The average Bonchev–Trinajstić information content (AvgIpc) is 3.14. The van der Waals surface area contributed by atoms with Crippen LogP contribution in [-0.4, -0.2) is 25.0 Å². The summed E-state index contributed by atoms with van der Waals surface area (Å²) in [7, 11) is 0. The van der Waals surface area contributed by atoms with E-state index in [1.165, 1.54) is 0 Å². The Balaban J connectivity index is 1.94. The molecule has 0 spiro atoms. The number of aromatic nitrogens is 4. The van der Waals surface area contributed by atoms with E-state index < -0.39 is 0 Å². The second kappa shape index (κ2) is 5.36. The summed E-state index contributed by atoms with van der Waals surface area (Å²) in [6.45, 7) is -0.0299. The van der Waals surface area contributed by atoms with Crippen LogP contribution in [0.15, 0.2) is 60.9 Å². The minimum atomic E-state index is -0.0299. The minimum Gasteiger partial charge on any atom is -0.392 e. The number of fused-ring (bicyclic) bond motifs is 6. The summed E-state index contributed by atoms with van der Waals surface area (Å²) in [6.07, 6.45) is 3.55. The Morgan fingerprint density at radius 2 is 1.52 bits per heavy atom. The fourth-order valence-corrected chi connectivity index (χ4v) is 3.36. The normalized spacial score (nSPS) is 11.6. The molecule has 0 unspecified atom stereocenters. The maximum absolute atomic E-state index is 9.64. The van der Waals surface area contributed by atoms with Gasteiger partial charge in [-0.15, -0.1) is 0 Å². The van der Waals surface area contributed by atoms with Crippen molar-refractivity contribution < 1.29 is 5.11 Å². The molecular weight excluding hydrogens is 312 g/mol. The van der Waals surface area contributed by atoms with Crippen LogP contribution in [0.5, 0.6) is 0 Å². The van der Waals surface area contributed by atoms with E-state index in [1.807, 2.05) is 48.5 Å². The Bertz CT molecular complexity index is 1170. The molecule has 3 heterocycles. The number of aromatic amines is 1. The summed E-state index contributed by atoms with van der Waals surface area (Å²) in [5, 5.41) is 11.6. The highest BCUT2D eigenvalue weighted by Crippen LogP contribution is 2.33. The van der Waals surface area contributed by atoms with Crippen molar-refractivity contribution in [2.24, 2.45) is 0 Å². The van der Waals surface area contributed by atoms with Gasteiger partial charge in [0.1, 0.15) is 5.82 Å². The number of H-pyrrole nitrogens is 1. The molecule has 0 aliphatic carbocycles. The van der Waals surface area contributed by atoms with E-state index in [-0.39, 0.29) is 6.61 Å². The number of hydrogen-bond acceptors (Lipinski definition) is 4. The largest absolute Gasteiger partial charge is 0.392 e. The summed E-state index contributed by atoms with van der Waals surface area (Å²) in [5.74, 6) is 0.737. The van der Waals surface area contributed by atoms with Gasteiger partial charge in [0.15, 0.2) is 0 Å². The molecule has 5 aromatic rings. The molecule has 0 saturated carbocycles. The lowest BCUT2D eigenvalue weighted by Gasteiger charge is -2.03. The third kappa shape index (κ3) is 2.03. The molecule has 0 radical (unpaired) electrons. The van der Waals surface area contributed by atoms with Crippen molar-refractivity contribution >= 4 is 32.8 Å². The van der Waals surface area contributed by atoms with Gasteiger partial charge >= 0.3 is 0 Å². The first-order chi connectivity index (χ1) is 12.4. The first-order valence-corrected chi connectivity index (χ1v) is 8.07. The van der Waals surface area contributed by atoms with Crippen LogP contribution in [0.3, 0.4) is 0 Å². The number of benzene rings is 2. The van der Waals surface area contributed by atoms with Crippen LogP contribution in [0.4, 0.5) is 0 Å². The number of pyridine rings is 2. The first-order valence-electron chi connectivity index (χ1n) is 8.07. The van der Waals surface area contributed by atoms with Crippen LogP contribution in [-0.2, 0) is 6.61 Å². The maximum atomic E-state index is 9.64. The summed E-state index contributed by atoms with van der Waals surface area (Å²) < 4.78 is 0. The second-order valence-corrected chi connectivity index (χ2v) is 5.92. The number of aliphatic hydroxyl groups is 1. The van der Waals surface area contributed by atoms with Gasteiger partial charge in [0, 0.05) is 28.7 Å². The minimum absolute atomic E-state index is 0.0299. The zero-order valence-electron chi connectivity index (χ0n) is 13.3. The van der Waals surface area contributed by atoms with Crippen molar-refractivity contribution in [3.8, 4) is 11.4 Å². The van der Waals surface area contributed by atoms with Gasteiger partial charge in [0.2, 0.25) is 0 Å². The summed E-state index contributed by atoms with van der Waals surface area (Å²) >= 11 is 0. The molecule has 0 aliphatic rings. The number of imidazole rings is 1. The van der Waals surface area contributed by atoms with Gasteiger partial charge in [0.25, 0.3) is 0 Å². The van der Waals surface area contributed by atoms with Crippen LogP contribution >= 0.6 is 0 Å². The van der Waals surface area contributed by atoms with E-state index in [4.69, 9.17) is 4.98 Å². The molecule has 0 atom stereocenters. The summed E-state index contributed by atoms with van der Waals surface area (Å²) in [4.78, 5) is 17.3. The van der Waals surface area contributed by atoms with Crippen molar-refractivity contribution in [2.75, 3.05) is 0 Å². The second-order valence-electron chi connectivity index (χ2n) is 5.92. The highest BCUT2D eigenvalue weighted by atomic mass is 16.3. The number of nitrogens with zero attached hydrogens (tertiary/aromatic N) is 3. The fourth-order valence-electron chi connectivity index (χ4n) is 3.36. The summed E-state index contributed by atoms with van der Waals surface area (Å²) in [6, 6.07) is 15.6. The standard InChI is InChI=1S/C20H14N4O/c25-11-12-5-1-2-6-13(12)20-23-18-14-7-3-9-21-16(14)17-15(19(18)24-20)8-4-10-22-17/h1-10,25H,11H2,(H,23,24). The van der Waals surface area contributed by atoms with E-state index in [2.05, 4.69) is 15.0 Å². The Morgan fingerprint density at radius 3 is 2.32 bits per heavy atom. The molecule has 0 aliphatic heterocycles. The monoisotopic (exact) mass is 326 g/mol. The van der Waals surface area contributed by atoms with E-state index in [9.17, 15) is 5.11 Å². The fraction of sp³-hybridized carbons (Fsp3) is 0.0500. The molecule has 0 bridgehead atoms. The van der Waals surface area contributed by atoms with Gasteiger partial charge in [-0.25, -0.2) is 4.98 Å². The SMILES string of the molecule is OCc1ccccc1-c1nc2c3cccnc3c3ncccc3c2[nH]1. The predicted octanol–water partition coefficient (Wildman–Crippen LogP) is 3.82. The highest BCUT2D eigenvalue weighted by Gasteiger charge is 2.16. The molecule has 0 saturated heterocycles. The van der Waals surface area contributed by atoms with Gasteiger partial charge in [-0.05, 0) is 29.8 Å². The van der Waals surface area contributed by atoms with Crippen molar-refractivity contribution in [1.29, 1.82) is 0 Å². The molecule has 5 nitrogen and oxygen atoms in total. The molecule has 3 aromatic heterocycles. The van der Waals surface area contributed by atoms with Gasteiger partial charge < -0.3 is 10.1 Å². The quantitative estimate of drug-likeness (QED) is 0.484. The van der Waals surface area contributed by atoms with Crippen molar-refractivity contribution in [3.05, 3.63) is 66.5 Å². The Labute approximate surface area is 143 Å². The predicted molar refractivity (Wildman–Crippen MR) is 98.1 cm³/mol. The zero-order chi connectivity index (χ0) is 16.8. The number of nitrogens with one attached hydrogen (secondary N) is 1. The van der Waals surface area contributed by atoms with Gasteiger partial charge in [-0.2, -0.15) is 0 Å². The van der Waals surface area contributed by atoms with Crippen molar-refractivity contribution in [2.45, 2.75) is 6.61 Å². The zero-order valence-corrected chi connectivity index (χ0v) is 13.3. The molecule has 120 valence electrons. The lowest BCUT2D eigenvalue weighted by molar-refractivity contribution is 0.282. The van der Waals surface area contributed by atoms with Gasteiger partial charge in [-0.3, -0.25) is 9.97 Å². The van der Waals surface area contributed by atoms with Crippen LogP contribution in [0.25, 0.3) is 44.2 Å². The topological polar surface area (TPSA) is 74.7 Å². The lowest BCUT2D eigenvalue weighted by Crippen LogP contribution is -1.90. The van der Waals surface area contributed by atoms with Crippen LogP contribution in [0, 0.1) is 0 Å². The number of hydrogen-bond donors (Lipinski definition) is 2. The third-order valence-electron chi connectivity index (χ3n) is 4.51. The van der Waals surface area contributed by atoms with Crippen LogP contribution in [0.2, 0.25) is 0 Å². The van der Waals surface area contributed by atoms with E-state index in [0.29, 0.717) is 0 Å². The molecule has 0 fully saturated rings. The van der Waals surface area contributed by atoms with Gasteiger partial charge in [0.05, 0.1) is 28.7 Å². The molecule has 5 rings (SSSR count). The van der Waals surface area contributed by atoms with Crippen molar-refractivity contribution in [1.82, 2.24) is 19.9 Å². The molecule has 2 N–H and O–H groups in total. The molecule has 5 heteroatoms. The summed E-state index contributed by atoms with van der Waals surface area (Å²) in [5.41, 5.74) is 5.25. The maximum Gasteiger partial charge on any atom is 0.138 e. The van der Waals surface area contributed by atoms with E-state index in [0.717, 1.165) is 49.8 Å². The van der Waals surface area contributed by atoms with Crippen molar-refractivity contribution in [3.63, 3.8) is 0 Å². The highest BCUT2D eigenvalue weighted by molar-refractivity contribution is 6.21.